The minimum absolute atomic E-state index is 0.358. The molecule has 0 aliphatic rings. The van der Waals surface area contributed by atoms with Crippen molar-refractivity contribution in [3.63, 3.8) is 0 Å². The van der Waals surface area contributed by atoms with E-state index < -0.39 is 6.04 Å². The Bertz CT molecular complexity index is 580. The van der Waals surface area contributed by atoms with E-state index in [0.717, 1.165) is 4.47 Å². The van der Waals surface area contributed by atoms with Gasteiger partial charge in [-0.25, -0.2) is 9.82 Å². The molecule has 1 aromatic heterocycles. The molecule has 19 heavy (non-hydrogen) atoms. The molecule has 0 spiro atoms. The highest BCUT2D eigenvalue weighted by molar-refractivity contribution is 9.10. The minimum Gasteiger partial charge on any atom is -0.496 e. The molecular formula is C13H13BrFN3O. The number of nitrogens with one attached hydrogen (secondary N) is 1. The summed E-state index contributed by atoms with van der Waals surface area (Å²) in [4.78, 5) is 4.26. The number of hydrogen-bond donors (Lipinski definition) is 2. The zero-order valence-corrected chi connectivity index (χ0v) is 11.8. The molecule has 2 rings (SSSR count). The van der Waals surface area contributed by atoms with Gasteiger partial charge in [-0.2, -0.15) is 0 Å². The van der Waals surface area contributed by atoms with Gasteiger partial charge in [-0.3, -0.25) is 10.8 Å². The standard InChI is InChI=1S/C13H13BrFN3O/c1-19-11-5-4-8(15)7-9(11)12(18-16)13-10(14)3-2-6-17-13/h2-7,12,18H,16H2,1H3. The third kappa shape index (κ3) is 2.91. The van der Waals surface area contributed by atoms with Gasteiger partial charge < -0.3 is 4.74 Å². The Kier molecular flexibility index (Phi) is 4.47. The summed E-state index contributed by atoms with van der Waals surface area (Å²) in [6.45, 7) is 0. The van der Waals surface area contributed by atoms with Crippen molar-refractivity contribution in [1.29, 1.82) is 0 Å². The number of nitrogens with zero attached hydrogens (tertiary/aromatic N) is 1. The summed E-state index contributed by atoms with van der Waals surface area (Å²) in [5.41, 5.74) is 3.89. The molecule has 1 aromatic carbocycles. The molecule has 1 atom stereocenters. The first-order valence-electron chi connectivity index (χ1n) is 5.57. The lowest BCUT2D eigenvalue weighted by molar-refractivity contribution is 0.402. The number of ether oxygens (including phenoxy) is 1. The van der Waals surface area contributed by atoms with Crippen LogP contribution in [0.15, 0.2) is 41.0 Å². The quantitative estimate of drug-likeness (QED) is 0.670. The lowest BCUT2D eigenvalue weighted by Gasteiger charge is -2.19. The molecule has 100 valence electrons. The Morgan fingerprint density at radius 3 is 2.84 bits per heavy atom. The van der Waals surface area contributed by atoms with Gasteiger partial charge in [0.2, 0.25) is 0 Å². The lowest BCUT2D eigenvalue weighted by atomic mass is 10.0. The van der Waals surface area contributed by atoms with Crippen LogP contribution in [-0.2, 0) is 0 Å². The SMILES string of the molecule is COc1ccc(F)cc1C(NN)c1ncccc1Br. The summed E-state index contributed by atoms with van der Waals surface area (Å²) in [6, 6.07) is 7.45. The maximum Gasteiger partial charge on any atom is 0.124 e. The molecule has 0 amide bonds. The van der Waals surface area contributed by atoms with E-state index >= 15 is 0 Å². The van der Waals surface area contributed by atoms with E-state index in [-0.39, 0.29) is 5.82 Å². The number of benzene rings is 1. The first-order valence-corrected chi connectivity index (χ1v) is 6.36. The maximum atomic E-state index is 13.4. The van der Waals surface area contributed by atoms with Gasteiger partial charge in [-0.15, -0.1) is 0 Å². The van der Waals surface area contributed by atoms with Gasteiger partial charge >= 0.3 is 0 Å². The van der Waals surface area contributed by atoms with Gasteiger partial charge in [0.05, 0.1) is 18.8 Å². The van der Waals surface area contributed by atoms with Crippen LogP contribution in [0.2, 0.25) is 0 Å². The third-order valence-electron chi connectivity index (χ3n) is 2.73. The lowest BCUT2D eigenvalue weighted by Crippen LogP contribution is -2.30. The molecule has 3 N–H and O–H groups in total. The molecular weight excluding hydrogens is 313 g/mol. The second-order valence-corrected chi connectivity index (χ2v) is 4.71. The molecule has 1 unspecified atom stereocenters. The second-order valence-electron chi connectivity index (χ2n) is 3.86. The number of hydrazine groups is 1. The predicted octanol–water partition coefficient (Wildman–Crippen LogP) is 2.54. The molecule has 0 aliphatic carbocycles. The van der Waals surface area contributed by atoms with Gasteiger partial charge in [-0.1, -0.05) is 0 Å². The van der Waals surface area contributed by atoms with Crippen LogP contribution in [0.1, 0.15) is 17.3 Å². The van der Waals surface area contributed by atoms with Gasteiger partial charge in [0.1, 0.15) is 11.6 Å². The molecule has 1 heterocycles. The van der Waals surface area contributed by atoms with Gasteiger partial charge in [-0.05, 0) is 46.3 Å². The molecule has 0 saturated heterocycles. The zero-order chi connectivity index (χ0) is 13.8. The van der Waals surface area contributed by atoms with Crippen LogP contribution in [0.4, 0.5) is 4.39 Å². The molecule has 4 nitrogen and oxygen atoms in total. The summed E-state index contributed by atoms with van der Waals surface area (Å²) < 4.78 is 19.5. The summed E-state index contributed by atoms with van der Waals surface area (Å²) in [5, 5.41) is 0. The number of hydrogen-bond acceptors (Lipinski definition) is 4. The molecule has 0 saturated carbocycles. The summed E-state index contributed by atoms with van der Waals surface area (Å²) >= 11 is 3.41. The summed E-state index contributed by atoms with van der Waals surface area (Å²) in [7, 11) is 1.53. The van der Waals surface area contributed by atoms with E-state index in [2.05, 4.69) is 26.3 Å². The van der Waals surface area contributed by atoms with Crippen LogP contribution in [-0.4, -0.2) is 12.1 Å². The fraction of sp³-hybridized carbons (Fsp3) is 0.154. The predicted molar refractivity (Wildman–Crippen MR) is 74.1 cm³/mol. The minimum atomic E-state index is -0.471. The Balaban J connectivity index is 2.54. The smallest absolute Gasteiger partial charge is 0.124 e. The van der Waals surface area contributed by atoms with E-state index in [0.29, 0.717) is 17.0 Å². The average Bonchev–Trinajstić information content (AvgIpc) is 2.42. The number of rotatable bonds is 4. The number of nitrogens with two attached hydrogens (primary N) is 1. The highest BCUT2D eigenvalue weighted by Crippen LogP contribution is 2.32. The maximum absolute atomic E-state index is 13.4. The fourth-order valence-corrected chi connectivity index (χ4v) is 2.34. The van der Waals surface area contributed by atoms with Crippen molar-refractivity contribution in [2.45, 2.75) is 6.04 Å². The first-order chi connectivity index (χ1) is 9.17. The number of methoxy groups -OCH3 is 1. The van der Waals surface area contributed by atoms with Gasteiger partial charge in [0.15, 0.2) is 0 Å². The molecule has 0 bridgehead atoms. The summed E-state index contributed by atoms with van der Waals surface area (Å²) in [5.74, 6) is 5.78. The van der Waals surface area contributed by atoms with Crippen LogP contribution >= 0.6 is 15.9 Å². The topological polar surface area (TPSA) is 60.2 Å². The van der Waals surface area contributed by atoms with Crippen molar-refractivity contribution in [3.8, 4) is 5.75 Å². The highest BCUT2D eigenvalue weighted by Gasteiger charge is 2.21. The van der Waals surface area contributed by atoms with Crippen LogP contribution in [0.5, 0.6) is 5.75 Å². The number of aromatic nitrogens is 1. The Morgan fingerprint density at radius 2 is 2.21 bits per heavy atom. The van der Waals surface area contributed by atoms with Crippen molar-refractivity contribution < 1.29 is 9.13 Å². The van der Waals surface area contributed by atoms with Crippen molar-refractivity contribution in [1.82, 2.24) is 10.4 Å². The van der Waals surface area contributed by atoms with Crippen LogP contribution in [0.25, 0.3) is 0 Å². The molecule has 0 aliphatic heterocycles. The number of halogens is 2. The van der Waals surface area contributed by atoms with Crippen LogP contribution in [0, 0.1) is 5.82 Å². The molecule has 0 radical (unpaired) electrons. The second kappa shape index (κ2) is 6.10. The van der Waals surface area contributed by atoms with Crippen molar-refractivity contribution in [2.24, 2.45) is 5.84 Å². The Hall–Kier alpha value is -1.50. The largest absolute Gasteiger partial charge is 0.496 e. The van der Waals surface area contributed by atoms with E-state index in [1.54, 1.807) is 18.3 Å². The van der Waals surface area contributed by atoms with E-state index in [9.17, 15) is 4.39 Å². The van der Waals surface area contributed by atoms with Crippen LogP contribution < -0.4 is 16.0 Å². The molecule has 2 aromatic rings. The average molecular weight is 326 g/mol. The fourth-order valence-electron chi connectivity index (χ4n) is 1.86. The zero-order valence-electron chi connectivity index (χ0n) is 10.2. The van der Waals surface area contributed by atoms with Gasteiger partial charge in [0.25, 0.3) is 0 Å². The van der Waals surface area contributed by atoms with Crippen LogP contribution in [0.3, 0.4) is 0 Å². The van der Waals surface area contributed by atoms with Crippen molar-refractivity contribution >= 4 is 15.9 Å². The van der Waals surface area contributed by atoms with Gasteiger partial charge in [0, 0.05) is 16.2 Å². The summed E-state index contributed by atoms with van der Waals surface area (Å²) in [6.07, 6.45) is 1.65. The third-order valence-corrected chi connectivity index (χ3v) is 3.40. The normalized spacial score (nSPS) is 12.2. The first kappa shape index (κ1) is 13.9. The monoisotopic (exact) mass is 325 g/mol. The van der Waals surface area contributed by atoms with Crippen molar-refractivity contribution in [3.05, 3.63) is 58.1 Å². The number of pyridine rings is 1. The Morgan fingerprint density at radius 1 is 1.42 bits per heavy atom. The highest BCUT2D eigenvalue weighted by atomic mass is 79.9. The van der Waals surface area contributed by atoms with Crippen molar-refractivity contribution in [2.75, 3.05) is 7.11 Å². The van der Waals surface area contributed by atoms with E-state index in [4.69, 9.17) is 10.6 Å². The van der Waals surface area contributed by atoms with E-state index in [1.165, 1.54) is 19.2 Å². The Labute approximate surface area is 118 Å². The molecule has 6 heteroatoms. The van der Waals surface area contributed by atoms with E-state index in [1.807, 2.05) is 6.07 Å². The molecule has 0 fully saturated rings.